The first-order chi connectivity index (χ1) is 8.11. The number of nitrogens with two attached hydrogens (primary N) is 1. The monoisotopic (exact) mass is 242 g/mol. The molecule has 0 spiro atoms. The quantitative estimate of drug-likeness (QED) is 0.513. The summed E-state index contributed by atoms with van der Waals surface area (Å²) in [6.45, 7) is 5.30. The molecule has 0 aliphatic heterocycles. The lowest BCUT2D eigenvalue weighted by molar-refractivity contribution is -0.141. The minimum atomic E-state index is -0.923. The fourth-order valence-corrected chi connectivity index (χ4v) is 1.12. The Morgan fingerprint density at radius 1 is 1.59 bits per heavy atom. The molecule has 0 radical (unpaired) electrons. The van der Waals surface area contributed by atoms with Crippen LogP contribution < -0.4 is 11.1 Å². The Morgan fingerprint density at radius 3 is 2.82 bits per heavy atom. The summed E-state index contributed by atoms with van der Waals surface area (Å²) in [5.41, 5.74) is 6.34. The normalized spacial score (nSPS) is 14.2. The minimum Gasteiger partial charge on any atom is -0.480 e. The first kappa shape index (κ1) is 15.8. The Bertz CT molecular complexity index is 275. The van der Waals surface area contributed by atoms with Crippen molar-refractivity contribution < 1.29 is 14.6 Å². The van der Waals surface area contributed by atoms with Crippen LogP contribution in [0.1, 0.15) is 13.8 Å². The molecule has 0 bridgehead atoms. The van der Waals surface area contributed by atoms with Gasteiger partial charge < -0.3 is 20.9 Å². The molecule has 17 heavy (non-hydrogen) atoms. The number of nitrogens with one attached hydrogen (secondary N) is 1. The minimum absolute atomic E-state index is 0.135. The van der Waals surface area contributed by atoms with E-state index in [9.17, 15) is 4.79 Å². The Kier molecular flexibility index (Phi) is 9.33. The zero-order valence-corrected chi connectivity index (χ0v) is 10.5. The second-order valence-corrected chi connectivity index (χ2v) is 3.69. The van der Waals surface area contributed by atoms with E-state index >= 15 is 0 Å². The van der Waals surface area contributed by atoms with Crippen LogP contribution in [-0.4, -0.2) is 43.4 Å². The Hall–Kier alpha value is -1.17. The molecule has 0 aromatic heterocycles. The van der Waals surface area contributed by atoms with Crippen molar-refractivity contribution in [1.29, 1.82) is 0 Å². The Balaban J connectivity index is 3.93. The van der Waals surface area contributed by atoms with E-state index in [2.05, 4.69) is 5.32 Å². The molecular formula is C12H22N2O3. The zero-order valence-electron chi connectivity index (χ0n) is 10.5. The third-order valence-electron chi connectivity index (χ3n) is 2.02. The van der Waals surface area contributed by atoms with E-state index in [4.69, 9.17) is 15.6 Å². The van der Waals surface area contributed by atoms with Gasteiger partial charge in [0, 0.05) is 13.1 Å². The molecule has 0 saturated carbocycles. The predicted octanol–water partition coefficient (Wildman–Crippen LogP) is 0.527. The fraction of sp³-hybridized carbons (Fsp3) is 0.583. The van der Waals surface area contributed by atoms with Gasteiger partial charge in [-0.1, -0.05) is 18.2 Å². The van der Waals surface area contributed by atoms with Gasteiger partial charge in [0.25, 0.3) is 0 Å². The highest BCUT2D eigenvalue weighted by molar-refractivity contribution is 5.73. The summed E-state index contributed by atoms with van der Waals surface area (Å²) in [4.78, 5) is 10.8. The van der Waals surface area contributed by atoms with Crippen LogP contribution in [0.4, 0.5) is 0 Å². The van der Waals surface area contributed by atoms with E-state index < -0.39 is 12.0 Å². The lowest BCUT2D eigenvalue weighted by atomic mass is 10.3. The summed E-state index contributed by atoms with van der Waals surface area (Å²) in [5.74, 6) is -0.923. The van der Waals surface area contributed by atoms with Crippen molar-refractivity contribution in [2.75, 3.05) is 26.3 Å². The van der Waals surface area contributed by atoms with Gasteiger partial charge in [-0.05, 0) is 19.4 Å². The summed E-state index contributed by atoms with van der Waals surface area (Å²) in [6, 6.07) is -0.701. The molecule has 5 nitrogen and oxygen atoms in total. The highest BCUT2D eigenvalue weighted by atomic mass is 16.5. The molecule has 0 saturated heterocycles. The van der Waals surface area contributed by atoms with E-state index in [1.165, 1.54) is 0 Å². The molecule has 0 amide bonds. The zero-order chi connectivity index (χ0) is 13.1. The van der Waals surface area contributed by atoms with Gasteiger partial charge in [-0.15, -0.1) is 0 Å². The van der Waals surface area contributed by atoms with Crippen LogP contribution >= 0.6 is 0 Å². The van der Waals surface area contributed by atoms with Crippen LogP contribution in [0.25, 0.3) is 0 Å². The predicted molar refractivity (Wildman–Crippen MR) is 67.9 cm³/mol. The first-order valence-electron chi connectivity index (χ1n) is 5.64. The van der Waals surface area contributed by atoms with E-state index in [0.717, 1.165) is 5.57 Å². The number of hydrogen-bond donors (Lipinski definition) is 3. The van der Waals surface area contributed by atoms with Crippen molar-refractivity contribution in [2.45, 2.75) is 19.9 Å². The number of aliphatic carboxylic acids is 1. The highest BCUT2D eigenvalue weighted by Gasteiger charge is 2.15. The molecule has 4 N–H and O–H groups in total. The van der Waals surface area contributed by atoms with E-state index in [1.54, 1.807) is 0 Å². The molecule has 0 fully saturated rings. The van der Waals surface area contributed by atoms with Gasteiger partial charge in [0.15, 0.2) is 0 Å². The average Bonchev–Trinajstić information content (AvgIpc) is 2.30. The van der Waals surface area contributed by atoms with Gasteiger partial charge in [0.2, 0.25) is 0 Å². The van der Waals surface area contributed by atoms with Gasteiger partial charge in [-0.3, -0.25) is 4.79 Å². The number of carboxylic acid groups (broad SMARTS) is 1. The summed E-state index contributed by atoms with van der Waals surface area (Å²) in [5, 5.41) is 11.7. The smallest absolute Gasteiger partial charge is 0.323 e. The molecular weight excluding hydrogens is 220 g/mol. The molecule has 98 valence electrons. The lowest BCUT2D eigenvalue weighted by Crippen LogP contribution is -2.42. The third-order valence-corrected chi connectivity index (χ3v) is 2.02. The van der Waals surface area contributed by atoms with Crippen LogP contribution in [0.5, 0.6) is 0 Å². The maximum atomic E-state index is 10.8. The first-order valence-corrected chi connectivity index (χ1v) is 5.64. The fourth-order valence-electron chi connectivity index (χ4n) is 1.12. The summed E-state index contributed by atoms with van der Waals surface area (Å²) >= 11 is 0. The van der Waals surface area contributed by atoms with Gasteiger partial charge in [0.05, 0.1) is 13.2 Å². The van der Waals surface area contributed by atoms with E-state index in [1.807, 2.05) is 32.1 Å². The van der Waals surface area contributed by atoms with Crippen molar-refractivity contribution in [2.24, 2.45) is 5.73 Å². The number of carbonyl (C=O) groups is 1. The SMILES string of the molecule is C/C=C\C=C(/C)COCC(NCCN)C(=O)O. The topological polar surface area (TPSA) is 84.6 Å². The highest BCUT2D eigenvalue weighted by Crippen LogP contribution is 1.96. The largest absolute Gasteiger partial charge is 0.480 e. The van der Waals surface area contributed by atoms with Crippen LogP contribution in [0, 0.1) is 0 Å². The number of carboxylic acids is 1. The average molecular weight is 242 g/mol. The molecule has 1 atom stereocenters. The van der Waals surface area contributed by atoms with Gasteiger partial charge in [0.1, 0.15) is 6.04 Å². The molecule has 0 aliphatic carbocycles. The van der Waals surface area contributed by atoms with Crippen LogP contribution in [0.15, 0.2) is 23.8 Å². The van der Waals surface area contributed by atoms with Crippen molar-refractivity contribution in [3.05, 3.63) is 23.8 Å². The van der Waals surface area contributed by atoms with Crippen molar-refractivity contribution in [3.8, 4) is 0 Å². The van der Waals surface area contributed by atoms with E-state index in [0.29, 0.717) is 19.7 Å². The van der Waals surface area contributed by atoms with Crippen molar-refractivity contribution >= 4 is 5.97 Å². The summed E-state index contributed by atoms with van der Waals surface area (Å²) < 4.78 is 5.33. The van der Waals surface area contributed by atoms with Crippen molar-refractivity contribution in [1.82, 2.24) is 5.32 Å². The maximum absolute atomic E-state index is 10.8. The summed E-state index contributed by atoms with van der Waals surface area (Å²) in [6.07, 6.45) is 5.77. The summed E-state index contributed by atoms with van der Waals surface area (Å²) in [7, 11) is 0. The number of rotatable bonds is 9. The second-order valence-electron chi connectivity index (χ2n) is 3.69. The molecule has 0 rings (SSSR count). The van der Waals surface area contributed by atoms with Crippen molar-refractivity contribution in [3.63, 3.8) is 0 Å². The number of hydrogen-bond acceptors (Lipinski definition) is 4. The van der Waals surface area contributed by atoms with E-state index in [-0.39, 0.29) is 6.61 Å². The standard InChI is InChI=1S/C12H22N2O3/c1-3-4-5-10(2)8-17-9-11(12(15)16)14-7-6-13/h3-5,11,14H,6-9,13H2,1-2H3,(H,15,16)/b4-3-,10-5+. The second kappa shape index (κ2) is 10.0. The number of ether oxygens (including phenoxy) is 1. The van der Waals surface area contributed by atoms with Gasteiger partial charge in [-0.25, -0.2) is 0 Å². The van der Waals surface area contributed by atoms with Crippen LogP contribution in [0.3, 0.4) is 0 Å². The molecule has 0 aliphatic rings. The number of allylic oxidation sites excluding steroid dienone is 3. The third kappa shape index (κ3) is 8.62. The van der Waals surface area contributed by atoms with Crippen LogP contribution in [0.2, 0.25) is 0 Å². The molecule has 5 heteroatoms. The van der Waals surface area contributed by atoms with Gasteiger partial charge in [-0.2, -0.15) is 0 Å². The molecule has 0 heterocycles. The molecule has 0 aromatic carbocycles. The van der Waals surface area contributed by atoms with Gasteiger partial charge >= 0.3 is 5.97 Å². The Labute approximate surface area is 102 Å². The maximum Gasteiger partial charge on any atom is 0.323 e. The van der Waals surface area contributed by atoms with Crippen LogP contribution in [-0.2, 0) is 9.53 Å². The lowest BCUT2D eigenvalue weighted by Gasteiger charge is -2.14. The molecule has 1 unspecified atom stereocenters. The molecule has 0 aromatic rings. The Morgan fingerprint density at radius 2 is 2.29 bits per heavy atom.